The molecule has 2 saturated heterocycles. The molecule has 3 aromatic heterocycles. The van der Waals surface area contributed by atoms with Crippen molar-refractivity contribution in [3.05, 3.63) is 48.9 Å². The van der Waals surface area contributed by atoms with Crippen molar-refractivity contribution in [1.29, 1.82) is 0 Å². The third-order valence-electron chi connectivity index (χ3n) is 5.69. The number of amides is 1. The van der Waals surface area contributed by atoms with Crippen molar-refractivity contribution in [2.24, 2.45) is 5.92 Å². The Morgan fingerprint density at radius 2 is 1.80 bits per heavy atom. The van der Waals surface area contributed by atoms with E-state index in [-0.39, 0.29) is 11.8 Å². The van der Waals surface area contributed by atoms with Gasteiger partial charge in [-0.15, -0.1) is 0 Å². The zero-order chi connectivity index (χ0) is 20.5. The molecular formula is C20H23N9O. The summed E-state index contributed by atoms with van der Waals surface area (Å²) in [4.78, 5) is 36.3. The smallest absolute Gasteiger partial charge is 0.229 e. The standard InChI is InChI=1S/C20H23N9O/c1-15-10-21-13-24-19(15)26-5-7-27(8-6-26)20(30)16-11-28(12-16)17-9-18(23-14-22-17)29-4-2-3-25-29/h2-4,9-10,13-14,16H,5-8,11-12H2,1H3. The lowest BCUT2D eigenvalue weighted by molar-refractivity contribution is -0.136. The van der Waals surface area contributed by atoms with Crippen LogP contribution in [-0.4, -0.2) is 79.8 Å². The minimum absolute atomic E-state index is 0.0143. The zero-order valence-electron chi connectivity index (χ0n) is 16.8. The molecule has 2 aliphatic rings. The van der Waals surface area contributed by atoms with E-state index in [4.69, 9.17) is 0 Å². The first-order chi connectivity index (χ1) is 14.7. The minimum Gasteiger partial charge on any atom is -0.355 e. The van der Waals surface area contributed by atoms with Gasteiger partial charge in [0.2, 0.25) is 5.91 Å². The molecule has 0 aromatic carbocycles. The molecule has 0 aliphatic carbocycles. The van der Waals surface area contributed by atoms with E-state index in [9.17, 15) is 4.79 Å². The Balaban J connectivity index is 1.16. The number of rotatable bonds is 4. The molecule has 0 radical (unpaired) electrons. The summed E-state index contributed by atoms with van der Waals surface area (Å²) in [5, 5.41) is 4.20. The molecule has 5 heterocycles. The molecule has 3 aromatic rings. The number of carbonyl (C=O) groups excluding carboxylic acids is 1. The maximum atomic E-state index is 12.9. The van der Waals surface area contributed by atoms with Crippen LogP contribution in [0.3, 0.4) is 0 Å². The normalized spacial score (nSPS) is 17.2. The van der Waals surface area contributed by atoms with Crippen molar-refractivity contribution in [2.45, 2.75) is 6.92 Å². The van der Waals surface area contributed by atoms with Gasteiger partial charge in [-0.1, -0.05) is 0 Å². The second-order valence-electron chi connectivity index (χ2n) is 7.63. The van der Waals surface area contributed by atoms with Crippen LogP contribution in [0.15, 0.2) is 43.4 Å². The monoisotopic (exact) mass is 405 g/mol. The second kappa shape index (κ2) is 7.69. The summed E-state index contributed by atoms with van der Waals surface area (Å²) in [6, 6.07) is 3.75. The van der Waals surface area contributed by atoms with Gasteiger partial charge in [0.15, 0.2) is 5.82 Å². The van der Waals surface area contributed by atoms with Crippen LogP contribution < -0.4 is 9.80 Å². The summed E-state index contributed by atoms with van der Waals surface area (Å²) in [6.07, 6.45) is 8.50. The lowest BCUT2D eigenvalue weighted by atomic mass is 9.98. The Morgan fingerprint density at radius 3 is 2.53 bits per heavy atom. The van der Waals surface area contributed by atoms with Crippen LogP contribution in [0.2, 0.25) is 0 Å². The average Bonchev–Trinajstić information content (AvgIpc) is 3.28. The molecule has 0 bridgehead atoms. The van der Waals surface area contributed by atoms with Gasteiger partial charge in [-0.3, -0.25) is 4.79 Å². The lowest BCUT2D eigenvalue weighted by Gasteiger charge is -2.43. The van der Waals surface area contributed by atoms with Gasteiger partial charge in [-0.2, -0.15) is 5.10 Å². The Labute approximate surface area is 174 Å². The fourth-order valence-corrected chi connectivity index (χ4v) is 3.98. The summed E-state index contributed by atoms with van der Waals surface area (Å²) in [5.74, 6) is 2.75. The molecule has 0 saturated carbocycles. The highest BCUT2D eigenvalue weighted by Gasteiger charge is 2.37. The van der Waals surface area contributed by atoms with E-state index < -0.39 is 0 Å². The van der Waals surface area contributed by atoms with Crippen LogP contribution >= 0.6 is 0 Å². The van der Waals surface area contributed by atoms with Gasteiger partial charge in [0.25, 0.3) is 0 Å². The van der Waals surface area contributed by atoms with Gasteiger partial charge < -0.3 is 14.7 Å². The molecule has 1 amide bonds. The van der Waals surface area contributed by atoms with Crippen LogP contribution in [0.1, 0.15) is 5.56 Å². The third kappa shape index (κ3) is 3.44. The summed E-state index contributed by atoms with van der Waals surface area (Å²) in [7, 11) is 0. The van der Waals surface area contributed by atoms with Crippen molar-refractivity contribution in [1.82, 2.24) is 34.6 Å². The van der Waals surface area contributed by atoms with Gasteiger partial charge in [-0.05, 0) is 13.0 Å². The van der Waals surface area contributed by atoms with E-state index in [1.165, 1.54) is 6.33 Å². The molecule has 2 aliphatic heterocycles. The van der Waals surface area contributed by atoms with Crippen molar-refractivity contribution in [3.63, 3.8) is 0 Å². The van der Waals surface area contributed by atoms with Gasteiger partial charge in [0.05, 0.1) is 5.92 Å². The summed E-state index contributed by atoms with van der Waals surface area (Å²) >= 11 is 0. The first-order valence-electron chi connectivity index (χ1n) is 10.1. The highest BCUT2D eigenvalue weighted by Crippen LogP contribution is 2.26. The lowest BCUT2D eigenvalue weighted by Crippen LogP contribution is -2.58. The average molecular weight is 405 g/mol. The van der Waals surface area contributed by atoms with Gasteiger partial charge >= 0.3 is 0 Å². The fourth-order valence-electron chi connectivity index (χ4n) is 3.98. The quantitative estimate of drug-likeness (QED) is 0.621. The minimum atomic E-state index is 0.0143. The largest absolute Gasteiger partial charge is 0.355 e. The molecule has 0 spiro atoms. The van der Waals surface area contributed by atoms with Crippen molar-refractivity contribution < 1.29 is 4.79 Å². The third-order valence-corrected chi connectivity index (χ3v) is 5.69. The molecule has 10 heteroatoms. The first-order valence-corrected chi connectivity index (χ1v) is 10.1. The van der Waals surface area contributed by atoms with E-state index in [0.29, 0.717) is 13.1 Å². The van der Waals surface area contributed by atoms with Crippen LogP contribution in [0.4, 0.5) is 11.6 Å². The van der Waals surface area contributed by atoms with Crippen LogP contribution in [0.5, 0.6) is 0 Å². The van der Waals surface area contributed by atoms with E-state index >= 15 is 0 Å². The number of nitrogens with zero attached hydrogens (tertiary/aromatic N) is 9. The highest BCUT2D eigenvalue weighted by molar-refractivity contribution is 5.82. The van der Waals surface area contributed by atoms with E-state index in [1.807, 2.05) is 36.4 Å². The van der Waals surface area contributed by atoms with Crippen molar-refractivity contribution in [2.75, 3.05) is 49.1 Å². The molecule has 5 rings (SSSR count). The Kier molecular flexibility index (Phi) is 4.74. The van der Waals surface area contributed by atoms with Gasteiger partial charge in [0.1, 0.15) is 24.3 Å². The topological polar surface area (TPSA) is 96.2 Å². The molecule has 0 unspecified atom stereocenters. The number of aromatic nitrogens is 6. The van der Waals surface area contributed by atoms with Gasteiger partial charge in [0, 0.05) is 69.5 Å². The van der Waals surface area contributed by atoms with Crippen molar-refractivity contribution in [3.8, 4) is 5.82 Å². The number of hydrogen-bond donors (Lipinski definition) is 0. The predicted octanol–water partition coefficient (Wildman–Crippen LogP) is 0.546. The molecule has 2 fully saturated rings. The SMILES string of the molecule is Cc1cncnc1N1CCN(C(=O)C2CN(c3cc(-n4cccn4)ncn3)C2)CC1. The fraction of sp³-hybridized carbons (Fsp3) is 0.400. The molecule has 30 heavy (non-hydrogen) atoms. The second-order valence-corrected chi connectivity index (χ2v) is 7.63. The van der Waals surface area contributed by atoms with E-state index in [1.54, 1.807) is 17.2 Å². The zero-order valence-corrected chi connectivity index (χ0v) is 16.8. The van der Waals surface area contributed by atoms with Crippen LogP contribution in [0, 0.1) is 12.8 Å². The Bertz CT molecular complexity index is 1020. The number of hydrogen-bond acceptors (Lipinski definition) is 8. The number of carbonyl (C=O) groups is 1. The van der Waals surface area contributed by atoms with Gasteiger partial charge in [-0.25, -0.2) is 24.6 Å². The summed E-state index contributed by atoms with van der Waals surface area (Å²) < 4.78 is 1.70. The summed E-state index contributed by atoms with van der Waals surface area (Å²) in [6.45, 7) is 6.39. The predicted molar refractivity (Wildman–Crippen MR) is 110 cm³/mol. The van der Waals surface area contributed by atoms with Crippen LogP contribution in [-0.2, 0) is 4.79 Å². The molecule has 154 valence electrons. The van der Waals surface area contributed by atoms with E-state index in [2.05, 4.69) is 34.8 Å². The molecular weight excluding hydrogens is 382 g/mol. The maximum absolute atomic E-state index is 12.9. The molecule has 0 N–H and O–H groups in total. The molecule has 10 nitrogen and oxygen atoms in total. The van der Waals surface area contributed by atoms with E-state index in [0.717, 1.165) is 49.2 Å². The Hall–Kier alpha value is -3.56. The number of aryl methyl sites for hydroxylation is 1. The maximum Gasteiger partial charge on any atom is 0.229 e. The number of anilines is 2. The summed E-state index contributed by atoms with van der Waals surface area (Å²) in [5.41, 5.74) is 1.06. The van der Waals surface area contributed by atoms with Crippen LogP contribution in [0.25, 0.3) is 5.82 Å². The first kappa shape index (κ1) is 18.5. The Morgan fingerprint density at radius 1 is 1.00 bits per heavy atom. The van der Waals surface area contributed by atoms with Crippen molar-refractivity contribution >= 4 is 17.5 Å². The molecule has 0 atom stereocenters. The highest BCUT2D eigenvalue weighted by atomic mass is 16.2. The number of piperazine rings is 1.